The quantitative estimate of drug-likeness (QED) is 0.0630. The number of fused-ring (bicyclic) bond motifs is 1. The van der Waals surface area contributed by atoms with Gasteiger partial charge in [-0.05, 0) is 96.7 Å². The molecule has 4 aromatic carbocycles. The molecule has 5 atom stereocenters. The van der Waals surface area contributed by atoms with Crippen LogP contribution in [0.1, 0.15) is 79.2 Å². The third-order valence-corrected chi connectivity index (χ3v) is 12.5. The largest absolute Gasteiger partial charge is 0.507 e. The number of phenols is 5. The van der Waals surface area contributed by atoms with Crippen LogP contribution >= 0.6 is 0 Å². The van der Waals surface area contributed by atoms with Gasteiger partial charge in [0.25, 0.3) is 0 Å². The zero-order chi connectivity index (χ0) is 34.5. The molecule has 2 saturated carbocycles. The van der Waals surface area contributed by atoms with E-state index < -0.39 is 0 Å². The molecule has 6 N–H and O–H groups in total. The summed E-state index contributed by atoms with van der Waals surface area (Å²) in [6.07, 6.45) is 19.8. The van der Waals surface area contributed by atoms with Gasteiger partial charge in [0.1, 0.15) is 5.75 Å². The Morgan fingerprint density at radius 2 is 1.54 bits per heavy atom. The summed E-state index contributed by atoms with van der Waals surface area (Å²) in [7, 11) is 0. The Hall–Kier alpha value is -4.46. The lowest BCUT2D eigenvalue weighted by atomic mass is 9.50. The smallest absolute Gasteiger partial charge is 0.169 e. The molecular weight excluding hydrogens is 626 g/mol. The van der Waals surface area contributed by atoms with Gasteiger partial charge in [-0.3, -0.25) is 0 Å². The number of aromatic hydroxyl groups is 5. The van der Waals surface area contributed by atoms with Gasteiger partial charge >= 0.3 is 0 Å². The molecule has 1 aliphatic heterocycles. The molecule has 1 saturated heterocycles. The lowest BCUT2D eigenvalue weighted by Crippen LogP contribution is -2.66. The molecule has 8 rings (SSSR count). The van der Waals surface area contributed by atoms with Gasteiger partial charge in [-0.2, -0.15) is 0 Å². The third kappa shape index (κ3) is 5.42. The van der Waals surface area contributed by atoms with E-state index in [1.807, 2.05) is 0 Å². The first-order chi connectivity index (χ1) is 24.3. The Kier molecular flexibility index (Phi) is 8.52. The summed E-state index contributed by atoms with van der Waals surface area (Å²) in [5, 5.41) is 57.2. The lowest BCUT2D eigenvalue weighted by molar-refractivity contribution is -0.223. The zero-order valence-electron chi connectivity index (χ0n) is 28.4. The first kappa shape index (κ1) is 32.7. The van der Waals surface area contributed by atoms with Crippen LogP contribution in [0.5, 0.6) is 28.7 Å². The molecule has 260 valence electrons. The van der Waals surface area contributed by atoms with Crippen LogP contribution < -0.4 is 5.32 Å². The normalized spacial score (nSPS) is 27.3. The Labute approximate surface area is 293 Å². The van der Waals surface area contributed by atoms with Crippen LogP contribution in [0.15, 0.2) is 72.8 Å². The van der Waals surface area contributed by atoms with Gasteiger partial charge in [0.2, 0.25) is 0 Å². The highest BCUT2D eigenvalue weighted by atomic mass is 16.5. The van der Waals surface area contributed by atoms with Crippen LogP contribution in [-0.4, -0.2) is 43.8 Å². The van der Waals surface area contributed by atoms with Crippen molar-refractivity contribution in [3.8, 4) is 28.7 Å². The van der Waals surface area contributed by atoms with E-state index in [0.717, 1.165) is 25.1 Å². The van der Waals surface area contributed by atoms with Crippen LogP contribution in [0.4, 0.5) is 0 Å². The van der Waals surface area contributed by atoms with Crippen molar-refractivity contribution in [3.05, 3.63) is 101 Å². The van der Waals surface area contributed by atoms with Gasteiger partial charge < -0.3 is 35.6 Å². The van der Waals surface area contributed by atoms with Crippen molar-refractivity contribution in [2.24, 2.45) is 17.3 Å². The minimum Gasteiger partial charge on any atom is -0.507 e. The number of aryl methyl sites for hydroxylation is 1. The summed E-state index contributed by atoms with van der Waals surface area (Å²) in [5.74, 6) is -0.0781. The van der Waals surface area contributed by atoms with Crippen molar-refractivity contribution in [1.82, 2.24) is 5.32 Å². The predicted molar refractivity (Wildman–Crippen MR) is 196 cm³/mol. The molecule has 0 radical (unpaired) electrons. The molecule has 3 aliphatic carbocycles. The van der Waals surface area contributed by atoms with E-state index >= 15 is 0 Å². The summed E-state index contributed by atoms with van der Waals surface area (Å²) in [6.45, 7) is 1.63. The molecule has 1 heterocycles. The van der Waals surface area contributed by atoms with Gasteiger partial charge in [0.05, 0.1) is 11.0 Å². The Morgan fingerprint density at radius 1 is 0.740 bits per heavy atom. The van der Waals surface area contributed by atoms with Gasteiger partial charge in [-0.1, -0.05) is 86.0 Å². The minimum atomic E-state index is -0.348. The highest BCUT2D eigenvalue weighted by molar-refractivity contribution is 6.03. The van der Waals surface area contributed by atoms with E-state index in [1.165, 1.54) is 68.7 Å². The van der Waals surface area contributed by atoms with Crippen LogP contribution in [-0.2, 0) is 24.1 Å². The first-order valence-corrected chi connectivity index (χ1v) is 18.3. The average molecular weight is 674 g/mol. The molecule has 3 fully saturated rings. The Bertz CT molecular complexity index is 1960. The number of ether oxygens (including phenoxy) is 1. The Balaban J connectivity index is 0.991. The molecule has 0 aromatic heterocycles. The highest BCUT2D eigenvalue weighted by Gasteiger charge is 2.64. The SMILES string of the molecule is Oc1ccc(C=Cc2c(CCc3ccc(CNC4CCOC56CCCCC57CCCC7C=CC46)cc3)c(O)c(O)c3c(O)cccc23)cc1O. The molecule has 7 heteroatoms. The van der Waals surface area contributed by atoms with E-state index in [0.29, 0.717) is 58.2 Å². The Morgan fingerprint density at radius 3 is 2.38 bits per heavy atom. The fourth-order valence-corrected chi connectivity index (χ4v) is 10.1. The topological polar surface area (TPSA) is 122 Å². The van der Waals surface area contributed by atoms with Crippen molar-refractivity contribution in [2.75, 3.05) is 6.61 Å². The lowest BCUT2D eigenvalue weighted by Gasteiger charge is -2.62. The summed E-state index contributed by atoms with van der Waals surface area (Å²) in [5.41, 5.74) is 4.52. The van der Waals surface area contributed by atoms with Crippen molar-refractivity contribution in [2.45, 2.75) is 82.4 Å². The molecule has 4 aromatic rings. The molecule has 7 nitrogen and oxygen atoms in total. The van der Waals surface area contributed by atoms with Gasteiger partial charge in [0, 0.05) is 36.1 Å². The van der Waals surface area contributed by atoms with E-state index in [-0.39, 0.29) is 39.7 Å². The number of rotatable bonds is 8. The summed E-state index contributed by atoms with van der Waals surface area (Å²) < 4.78 is 6.88. The van der Waals surface area contributed by atoms with E-state index in [2.05, 4.69) is 41.7 Å². The van der Waals surface area contributed by atoms with Crippen molar-refractivity contribution in [1.29, 1.82) is 0 Å². The molecule has 0 amide bonds. The van der Waals surface area contributed by atoms with Gasteiger partial charge in [-0.15, -0.1) is 0 Å². The fourth-order valence-electron chi connectivity index (χ4n) is 10.1. The van der Waals surface area contributed by atoms with E-state index in [4.69, 9.17) is 4.74 Å². The van der Waals surface area contributed by atoms with Gasteiger partial charge in [-0.25, -0.2) is 0 Å². The number of phenolic OH excluding ortho intramolecular Hbond substituents is 5. The number of allylic oxidation sites excluding steroid dienone is 1. The van der Waals surface area contributed by atoms with Crippen molar-refractivity contribution < 1.29 is 30.3 Å². The second kappa shape index (κ2) is 13.0. The second-order valence-corrected chi connectivity index (χ2v) is 15.0. The fraction of sp³-hybridized carbons (Fsp3) is 0.395. The average Bonchev–Trinajstić information content (AvgIpc) is 3.56. The monoisotopic (exact) mass is 673 g/mol. The highest BCUT2D eigenvalue weighted by Crippen LogP contribution is 2.65. The molecule has 50 heavy (non-hydrogen) atoms. The predicted octanol–water partition coefficient (Wildman–Crippen LogP) is 8.49. The molecule has 5 unspecified atom stereocenters. The molecular formula is C43H47NO6. The standard InChI is InChI=1S/C43H47NO6/c45-36-19-14-28(25-38(36)47)13-16-31-32-6-3-7-37(46)39(32)41(49)40(48)33(31)17-12-27-8-10-29(11-9-27)26-44-35-20-24-50-43-23-2-1-21-42(43)22-4-5-30(42)15-18-34(35)43/h3,6-11,13-16,18-19,25,30,34-35,44-49H,1-2,4-5,12,17,20-24,26H2. The zero-order valence-corrected chi connectivity index (χ0v) is 28.4. The van der Waals surface area contributed by atoms with Crippen molar-refractivity contribution >= 4 is 22.9 Å². The molecule has 0 bridgehead atoms. The van der Waals surface area contributed by atoms with Gasteiger partial charge in [0.15, 0.2) is 23.0 Å². The summed E-state index contributed by atoms with van der Waals surface area (Å²) in [6, 6.07) is 18.6. The maximum Gasteiger partial charge on any atom is 0.169 e. The number of nitrogens with one attached hydrogen (secondary N) is 1. The van der Waals surface area contributed by atoms with Crippen LogP contribution in [0.2, 0.25) is 0 Å². The maximum atomic E-state index is 11.2. The third-order valence-electron chi connectivity index (χ3n) is 12.5. The maximum absolute atomic E-state index is 11.2. The first-order valence-electron chi connectivity index (χ1n) is 18.3. The van der Waals surface area contributed by atoms with Crippen LogP contribution in [0, 0.1) is 17.3 Å². The molecule has 2 spiro atoms. The van der Waals surface area contributed by atoms with Crippen LogP contribution in [0.3, 0.4) is 0 Å². The number of benzene rings is 4. The summed E-state index contributed by atoms with van der Waals surface area (Å²) in [4.78, 5) is 0. The molecule has 4 aliphatic rings. The number of hydrogen-bond acceptors (Lipinski definition) is 7. The van der Waals surface area contributed by atoms with Crippen molar-refractivity contribution in [3.63, 3.8) is 0 Å². The van der Waals surface area contributed by atoms with Crippen LogP contribution in [0.25, 0.3) is 22.9 Å². The second-order valence-electron chi connectivity index (χ2n) is 15.0. The van der Waals surface area contributed by atoms with E-state index in [9.17, 15) is 25.5 Å². The van der Waals surface area contributed by atoms with E-state index in [1.54, 1.807) is 30.4 Å². The number of hydrogen-bond donors (Lipinski definition) is 6. The summed E-state index contributed by atoms with van der Waals surface area (Å²) >= 11 is 0. The minimum absolute atomic E-state index is 0.0116.